The van der Waals surface area contributed by atoms with Gasteiger partial charge in [0.15, 0.2) is 0 Å². The van der Waals surface area contributed by atoms with Gasteiger partial charge in [-0.2, -0.15) is 4.98 Å². The number of hydrogen-bond acceptors (Lipinski definition) is 5. The van der Waals surface area contributed by atoms with E-state index in [1.165, 1.54) is 0 Å². The highest BCUT2D eigenvalue weighted by atomic mass is 32.1. The van der Waals surface area contributed by atoms with Crippen LogP contribution in [0.2, 0.25) is 0 Å². The zero-order valence-electron chi connectivity index (χ0n) is 8.47. The Kier molecular flexibility index (Phi) is 3.47. The van der Waals surface area contributed by atoms with Crippen LogP contribution in [0.15, 0.2) is 22.0 Å². The summed E-state index contributed by atoms with van der Waals surface area (Å²) in [7, 11) is 0. The first-order valence-electron chi connectivity index (χ1n) is 4.84. The van der Waals surface area contributed by atoms with E-state index in [1.807, 2.05) is 17.5 Å². The quantitative estimate of drug-likeness (QED) is 0.733. The van der Waals surface area contributed by atoms with Crippen molar-refractivity contribution in [2.24, 2.45) is 0 Å². The Morgan fingerprint density at radius 2 is 2.47 bits per heavy atom. The third-order valence-corrected chi connectivity index (χ3v) is 2.65. The highest BCUT2D eigenvalue weighted by molar-refractivity contribution is 7.13. The van der Waals surface area contributed by atoms with Crippen molar-refractivity contribution in [2.75, 3.05) is 6.61 Å². The summed E-state index contributed by atoms with van der Waals surface area (Å²) in [5.74, 6) is 1.17. The molecule has 0 saturated heterocycles. The molecule has 0 aliphatic heterocycles. The van der Waals surface area contributed by atoms with Gasteiger partial charge in [-0.1, -0.05) is 18.1 Å². The number of aromatic nitrogens is 2. The molecule has 0 aliphatic carbocycles. The van der Waals surface area contributed by atoms with Crippen LogP contribution in [0.25, 0.3) is 10.7 Å². The molecule has 2 rings (SSSR count). The van der Waals surface area contributed by atoms with Crippen molar-refractivity contribution in [2.45, 2.75) is 20.0 Å². The topological polar surface area (TPSA) is 48.2 Å². The smallest absolute Gasteiger partial charge is 0.252 e. The molecular formula is C10H12N2O2S. The van der Waals surface area contributed by atoms with Gasteiger partial charge in [-0.3, -0.25) is 0 Å². The van der Waals surface area contributed by atoms with Crippen LogP contribution in [-0.4, -0.2) is 16.7 Å². The van der Waals surface area contributed by atoms with Gasteiger partial charge in [-0.25, -0.2) is 0 Å². The fourth-order valence-corrected chi connectivity index (χ4v) is 1.77. The SMILES string of the molecule is CCCOCc1nc(-c2cccs2)no1. The lowest BCUT2D eigenvalue weighted by atomic mass is 10.4. The van der Waals surface area contributed by atoms with Crippen molar-refractivity contribution in [1.82, 2.24) is 10.1 Å². The molecule has 0 bridgehead atoms. The first kappa shape index (κ1) is 10.3. The fraction of sp³-hybridized carbons (Fsp3) is 0.400. The summed E-state index contributed by atoms with van der Waals surface area (Å²) in [6.45, 7) is 3.17. The van der Waals surface area contributed by atoms with Crippen LogP contribution in [0.3, 0.4) is 0 Å². The maximum absolute atomic E-state index is 5.31. The van der Waals surface area contributed by atoms with Crippen molar-refractivity contribution in [1.29, 1.82) is 0 Å². The van der Waals surface area contributed by atoms with Gasteiger partial charge in [0.25, 0.3) is 5.89 Å². The molecule has 0 aliphatic rings. The summed E-state index contributed by atoms with van der Waals surface area (Å²) in [5.41, 5.74) is 0. The first-order valence-corrected chi connectivity index (χ1v) is 5.72. The average Bonchev–Trinajstić information content (AvgIpc) is 2.87. The predicted octanol–water partition coefficient (Wildman–Crippen LogP) is 2.72. The Labute approximate surface area is 91.9 Å². The Balaban J connectivity index is 1.98. The van der Waals surface area contributed by atoms with Crippen molar-refractivity contribution in [3.8, 4) is 10.7 Å². The summed E-state index contributed by atoms with van der Waals surface area (Å²) in [5, 5.41) is 5.87. The molecule has 0 amide bonds. The first-order chi connectivity index (χ1) is 7.40. The monoisotopic (exact) mass is 224 g/mol. The van der Waals surface area contributed by atoms with E-state index in [9.17, 15) is 0 Å². The van der Waals surface area contributed by atoms with E-state index in [1.54, 1.807) is 11.3 Å². The summed E-state index contributed by atoms with van der Waals surface area (Å²) in [4.78, 5) is 5.25. The number of thiophene rings is 1. The molecule has 15 heavy (non-hydrogen) atoms. The van der Waals surface area contributed by atoms with Crippen molar-refractivity contribution < 1.29 is 9.26 Å². The van der Waals surface area contributed by atoms with Crippen molar-refractivity contribution in [3.63, 3.8) is 0 Å². The number of ether oxygens (including phenoxy) is 1. The van der Waals surface area contributed by atoms with Gasteiger partial charge in [-0.15, -0.1) is 11.3 Å². The zero-order chi connectivity index (χ0) is 10.5. The summed E-state index contributed by atoms with van der Waals surface area (Å²) >= 11 is 1.59. The van der Waals surface area contributed by atoms with Crippen LogP contribution in [0.5, 0.6) is 0 Å². The van der Waals surface area contributed by atoms with Gasteiger partial charge in [0.05, 0.1) is 4.88 Å². The molecule has 0 N–H and O–H groups in total. The Hall–Kier alpha value is -1.20. The molecule has 4 nitrogen and oxygen atoms in total. The predicted molar refractivity (Wildman–Crippen MR) is 57.6 cm³/mol. The van der Waals surface area contributed by atoms with Gasteiger partial charge in [0.1, 0.15) is 6.61 Å². The number of rotatable bonds is 5. The van der Waals surface area contributed by atoms with Crippen LogP contribution in [0, 0.1) is 0 Å². The van der Waals surface area contributed by atoms with Crippen LogP contribution < -0.4 is 0 Å². The minimum Gasteiger partial charge on any atom is -0.372 e. The number of nitrogens with zero attached hydrogens (tertiary/aromatic N) is 2. The molecule has 0 radical (unpaired) electrons. The van der Waals surface area contributed by atoms with Crippen LogP contribution in [-0.2, 0) is 11.3 Å². The summed E-state index contributed by atoms with van der Waals surface area (Å²) in [6.07, 6.45) is 0.992. The third-order valence-electron chi connectivity index (χ3n) is 1.78. The lowest BCUT2D eigenvalue weighted by Crippen LogP contribution is -1.93. The summed E-state index contributed by atoms with van der Waals surface area (Å²) < 4.78 is 10.4. The van der Waals surface area contributed by atoms with E-state index in [2.05, 4.69) is 17.1 Å². The molecule has 0 aromatic carbocycles. The van der Waals surface area contributed by atoms with Gasteiger partial charge in [-0.05, 0) is 17.9 Å². The second kappa shape index (κ2) is 5.04. The van der Waals surface area contributed by atoms with E-state index in [0.29, 0.717) is 18.3 Å². The minimum absolute atomic E-state index is 0.395. The van der Waals surface area contributed by atoms with Gasteiger partial charge < -0.3 is 9.26 Å². The third kappa shape index (κ3) is 2.64. The molecule has 0 atom stereocenters. The normalized spacial score (nSPS) is 10.7. The maximum Gasteiger partial charge on any atom is 0.252 e. The van der Waals surface area contributed by atoms with E-state index >= 15 is 0 Å². The molecule has 2 aromatic heterocycles. The fourth-order valence-electron chi connectivity index (χ4n) is 1.12. The van der Waals surface area contributed by atoms with Gasteiger partial charge in [0, 0.05) is 6.61 Å². The Morgan fingerprint density at radius 1 is 1.53 bits per heavy atom. The minimum atomic E-state index is 0.395. The zero-order valence-corrected chi connectivity index (χ0v) is 9.29. The Morgan fingerprint density at radius 3 is 3.20 bits per heavy atom. The largest absolute Gasteiger partial charge is 0.372 e. The second-order valence-electron chi connectivity index (χ2n) is 3.04. The Bertz CT molecular complexity index is 397. The van der Waals surface area contributed by atoms with E-state index < -0.39 is 0 Å². The lowest BCUT2D eigenvalue weighted by Gasteiger charge is -1.95. The van der Waals surface area contributed by atoms with Crippen LogP contribution in [0.1, 0.15) is 19.2 Å². The molecule has 2 aromatic rings. The lowest BCUT2D eigenvalue weighted by molar-refractivity contribution is 0.0982. The standard InChI is InChI=1S/C10H12N2O2S/c1-2-5-13-7-9-11-10(12-14-9)8-4-3-6-15-8/h3-4,6H,2,5,7H2,1H3. The van der Waals surface area contributed by atoms with Crippen LogP contribution >= 0.6 is 11.3 Å². The molecule has 0 saturated carbocycles. The van der Waals surface area contributed by atoms with Crippen LogP contribution in [0.4, 0.5) is 0 Å². The number of hydrogen-bond donors (Lipinski definition) is 0. The molecule has 80 valence electrons. The summed E-state index contributed by atoms with van der Waals surface area (Å²) in [6, 6.07) is 3.93. The highest BCUT2D eigenvalue weighted by Gasteiger charge is 2.08. The van der Waals surface area contributed by atoms with E-state index in [0.717, 1.165) is 17.9 Å². The molecule has 5 heteroatoms. The van der Waals surface area contributed by atoms with Crippen molar-refractivity contribution in [3.05, 3.63) is 23.4 Å². The van der Waals surface area contributed by atoms with E-state index in [-0.39, 0.29) is 0 Å². The van der Waals surface area contributed by atoms with Gasteiger partial charge >= 0.3 is 0 Å². The second-order valence-corrected chi connectivity index (χ2v) is 3.99. The van der Waals surface area contributed by atoms with E-state index in [4.69, 9.17) is 9.26 Å². The molecular weight excluding hydrogens is 212 g/mol. The molecule has 2 heterocycles. The van der Waals surface area contributed by atoms with Crippen molar-refractivity contribution >= 4 is 11.3 Å². The maximum atomic E-state index is 5.31. The molecule has 0 unspecified atom stereocenters. The van der Waals surface area contributed by atoms with Gasteiger partial charge in [0.2, 0.25) is 5.82 Å². The highest BCUT2D eigenvalue weighted by Crippen LogP contribution is 2.21. The molecule has 0 fully saturated rings. The average molecular weight is 224 g/mol. The molecule has 0 spiro atoms.